The third-order valence-electron chi connectivity index (χ3n) is 7.45. The highest BCUT2D eigenvalue weighted by atomic mass is 32.2. The fraction of sp³-hybridized carbons (Fsp3) is 0.241. The highest BCUT2D eigenvalue weighted by Crippen LogP contribution is 2.47. The van der Waals surface area contributed by atoms with Crippen LogP contribution in [-0.2, 0) is 17.1 Å². The quantitative estimate of drug-likeness (QED) is 0.343. The number of pyridine rings is 1. The van der Waals surface area contributed by atoms with Crippen LogP contribution in [0.3, 0.4) is 0 Å². The van der Waals surface area contributed by atoms with Crippen LogP contribution in [0.15, 0.2) is 75.9 Å². The van der Waals surface area contributed by atoms with Gasteiger partial charge in [-0.15, -0.1) is 23.1 Å². The largest absolute Gasteiger partial charge is 0.482 e. The number of hydrogen-bond donors (Lipinski definition) is 0. The minimum Gasteiger partial charge on any atom is -0.482 e. The predicted molar refractivity (Wildman–Crippen MR) is 147 cm³/mol. The smallest absolute Gasteiger partial charge is 0.278 e. The van der Waals surface area contributed by atoms with E-state index in [9.17, 15) is 14.0 Å². The summed E-state index contributed by atoms with van der Waals surface area (Å²) in [5, 5.41) is 3.92. The lowest BCUT2D eigenvalue weighted by Crippen LogP contribution is -2.66. The van der Waals surface area contributed by atoms with Crippen LogP contribution in [-0.4, -0.2) is 41.4 Å². The molecule has 2 aromatic carbocycles. The number of carbonyl (C=O) groups excluding carboxylic acids is 1. The summed E-state index contributed by atoms with van der Waals surface area (Å²) >= 11 is 2.97. The van der Waals surface area contributed by atoms with E-state index in [1.165, 1.54) is 29.2 Å². The van der Waals surface area contributed by atoms with Gasteiger partial charge in [-0.1, -0.05) is 36.4 Å². The van der Waals surface area contributed by atoms with Crippen LogP contribution in [0.25, 0.3) is 0 Å². The number of aromatic nitrogens is 1. The lowest BCUT2D eigenvalue weighted by molar-refractivity contribution is -0.0198. The number of hydrogen-bond acceptors (Lipinski definition) is 7. The molecule has 2 aromatic heterocycles. The number of thioether (sulfide) groups is 1. The van der Waals surface area contributed by atoms with Crippen molar-refractivity contribution < 1.29 is 23.0 Å². The molecule has 204 valence electrons. The summed E-state index contributed by atoms with van der Waals surface area (Å²) in [6.45, 7) is 0.968. The molecule has 0 radical (unpaired) electrons. The van der Waals surface area contributed by atoms with Gasteiger partial charge < -0.3 is 14.4 Å². The van der Waals surface area contributed by atoms with Gasteiger partial charge in [0.25, 0.3) is 5.91 Å². The molecule has 4 aromatic rings. The standard InChI is InChI=1S/C29H23F2N3O4S2/c30-20-7-6-18-19(24(20)31)16-40-22-9-13-39-28(22)25(18)34-23-15-37-12-11-32(23)29(36)26-27(21(35)8-10-33(26)34)38-14-17-4-2-1-3-5-17/h1-10,13,23,25H,11-12,14-16H2/t23-,25?/m1/s1. The Morgan fingerprint density at radius 1 is 1.05 bits per heavy atom. The van der Waals surface area contributed by atoms with Gasteiger partial charge in [-0.05, 0) is 28.6 Å². The molecular weight excluding hydrogens is 556 g/mol. The Bertz CT molecular complexity index is 1680. The molecule has 1 fully saturated rings. The minimum atomic E-state index is -0.902. The van der Waals surface area contributed by atoms with Crippen LogP contribution < -0.4 is 15.2 Å². The van der Waals surface area contributed by atoms with Crippen LogP contribution in [0.5, 0.6) is 5.75 Å². The molecule has 7 rings (SSSR count). The van der Waals surface area contributed by atoms with Gasteiger partial charge in [-0.2, -0.15) is 0 Å². The van der Waals surface area contributed by atoms with Gasteiger partial charge in [-0.3, -0.25) is 19.3 Å². The summed E-state index contributed by atoms with van der Waals surface area (Å²) in [6.07, 6.45) is 1.00. The number of halogens is 2. The number of carbonyl (C=O) groups is 1. The second-order valence-electron chi connectivity index (χ2n) is 9.68. The Labute approximate surface area is 236 Å². The van der Waals surface area contributed by atoms with Gasteiger partial charge in [-0.25, -0.2) is 8.78 Å². The highest BCUT2D eigenvalue weighted by molar-refractivity contribution is 7.98. The molecular formula is C29H23F2N3O4S2. The number of ether oxygens (including phenoxy) is 2. The van der Waals surface area contributed by atoms with Gasteiger partial charge in [0, 0.05) is 39.9 Å². The van der Waals surface area contributed by atoms with Gasteiger partial charge >= 0.3 is 0 Å². The Kier molecular flexibility index (Phi) is 6.37. The Hall–Kier alpha value is -3.67. The van der Waals surface area contributed by atoms with Crippen molar-refractivity contribution in [2.45, 2.75) is 29.5 Å². The zero-order chi connectivity index (χ0) is 27.4. The fourth-order valence-corrected chi connectivity index (χ4v) is 7.90. The zero-order valence-corrected chi connectivity index (χ0v) is 22.7. The van der Waals surface area contributed by atoms with Gasteiger partial charge in [0.15, 0.2) is 23.1 Å². The molecule has 0 aliphatic carbocycles. The van der Waals surface area contributed by atoms with E-state index in [4.69, 9.17) is 9.47 Å². The maximum Gasteiger partial charge on any atom is 0.278 e. The van der Waals surface area contributed by atoms with Crippen molar-refractivity contribution in [2.24, 2.45) is 0 Å². The fourth-order valence-electron chi connectivity index (χ4n) is 5.58. The SMILES string of the molecule is O=C1c2c(OCc3ccccc3)c(=O)ccn2N(C2c3ccc(F)c(F)c3CSc3ccsc32)[C@@H]2COCCN12. The molecule has 3 aliphatic rings. The first-order valence-corrected chi connectivity index (χ1v) is 14.7. The number of thiophene rings is 1. The maximum absolute atomic E-state index is 15.2. The lowest BCUT2D eigenvalue weighted by Gasteiger charge is -2.51. The minimum absolute atomic E-state index is 0.0498. The molecule has 3 aliphatic heterocycles. The summed E-state index contributed by atoms with van der Waals surface area (Å²) < 4.78 is 43.2. The van der Waals surface area contributed by atoms with E-state index in [-0.39, 0.29) is 41.9 Å². The van der Waals surface area contributed by atoms with E-state index in [0.717, 1.165) is 21.4 Å². The summed E-state index contributed by atoms with van der Waals surface area (Å²) in [7, 11) is 0. The van der Waals surface area contributed by atoms with E-state index in [2.05, 4.69) is 0 Å². The van der Waals surface area contributed by atoms with Crippen LogP contribution in [0.2, 0.25) is 0 Å². The second kappa shape index (κ2) is 10.1. The van der Waals surface area contributed by atoms with Crippen LogP contribution in [0.1, 0.15) is 38.1 Å². The molecule has 5 heterocycles. The van der Waals surface area contributed by atoms with Crippen molar-refractivity contribution in [3.8, 4) is 5.75 Å². The molecule has 1 unspecified atom stereocenters. The molecule has 0 spiro atoms. The van der Waals surface area contributed by atoms with E-state index in [1.54, 1.807) is 21.8 Å². The first kappa shape index (κ1) is 25.3. The molecule has 0 N–H and O–H groups in total. The average molecular weight is 580 g/mol. The normalized spacial score (nSPS) is 19.8. The van der Waals surface area contributed by atoms with E-state index in [0.29, 0.717) is 18.7 Å². The monoisotopic (exact) mass is 579 g/mol. The number of rotatable bonds is 4. The van der Waals surface area contributed by atoms with Crippen molar-refractivity contribution in [2.75, 3.05) is 24.8 Å². The molecule has 1 saturated heterocycles. The maximum atomic E-state index is 15.2. The van der Waals surface area contributed by atoms with Crippen molar-refractivity contribution in [1.82, 2.24) is 9.58 Å². The molecule has 1 amide bonds. The van der Waals surface area contributed by atoms with Crippen molar-refractivity contribution in [3.63, 3.8) is 0 Å². The van der Waals surface area contributed by atoms with Gasteiger partial charge in [0.2, 0.25) is 5.43 Å². The second-order valence-corrected chi connectivity index (χ2v) is 11.6. The summed E-state index contributed by atoms with van der Waals surface area (Å²) in [4.78, 5) is 30.7. The Balaban J connectivity index is 1.44. The number of morpholine rings is 1. The van der Waals surface area contributed by atoms with E-state index < -0.39 is 29.3 Å². The first-order valence-electron chi connectivity index (χ1n) is 12.8. The zero-order valence-electron chi connectivity index (χ0n) is 21.1. The van der Waals surface area contributed by atoms with Crippen LogP contribution in [0.4, 0.5) is 8.78 Å². The number of fused-ring (bicyclic) bond motifs is 4. The van der Waals surface area contributed by atoms with Gasteiger partial charge in [0.05, 0.1) is 13.2 Å². The van der Waals surface area contributed by atoms with E-state index >= 15 is 4.39 Å². The molecule has 11 heteroatoms. The van der Waals surface area contributed by atoms with E-state index in [1.807, 2.05) is 46.8 Å². The van der Waals surface area contributed by atoms with Crippen molar-refractivity contribution >= 4 is 29.0 Å². The average Bonchev–Trinajstić information content (AvgIpc) is 3.38. The molecule has 0 bridgehead atoms. The summed E-state index contributed by atoms with van der Waals surface area (Å²) in [5.74, 6) is -1.90. The third kappa shape index (κ3) is 4.03. The number of amides is 1. The molecule has 2 atom stereocenters. The summed E-state index contributed by atoms with van der Waals surface area (Å²) in [5.41, 5.74) is 1.42. The first-order chi connectivity index (χ1) is 19.5. The van der Waals surface area contributed by atoms with Crippen LogP contribution in [0, 0.1) is 11.6 Å². The third-order valence-corrected chi connectivity index (χ3v) is 9.65. The predicted octanol–water partition coefficient (Wildman–Crippen LogP) is 4.91. The van der Waals surface area contributed by atoms with Crippen molar-refractivity contribution in [1.29, 1.82) is 0 Å². The topological polar surface area (TPSA) is 64.0 Å². The molecule has 0 saturated carbocycles. The number of nitrogens with zero attached hydrogens (tertiary/aromatic N) is 3. The Morgan fingerprint density at radius 2 is 1.90 bits per heavy atom. The lowest BCUT2D eigenvalue weighted by atomic mass is 9.97. The summed E-state index contributed by atoms with van der Waals surface area (Å²) in [6, 6.07) is 14.9. The molecule has 7 nitrogen and oxygen atoms in total. The molecule has 40 heavy (non-hydrogen) atoms. The number of benzene rings is 2. The highest BCUT2D eigenvalue weighted by Gasteiger charge is 2.46. The Morgan fingerprint density at radius 3 is 2.75 bits per heavy atom. The van der Waals surface area contributed by atoms with Crippen LogP contribution >= 0.6 is 23.1 Å². The van der Waals surface area contributed by atoms with Crippen molar-refractivity contribution in [3.05, 3.63) is 115 Å². The van der Waals surface area contributed by atoms with Gasteiger partial charge in [0.1, 0.15) is 18.8 Å².